The first-order valence-corrected chi connectivity index (χ1v) is 5.34. The average molecular weight is 249 g/mol. The number of carbonyl (C=O) groups excluding carboxylic acids is 1. The van der Waals surface area contributed by atoms with Crippen molar-refractivity contribution in [3.05, 3.63) is 39.9 Å². The summed E-state index contributed by atoms with van der Waals surface area (Å²) < 4.78 is 0. The fourth-order valence-electron chi connectivity index (χ4n) is 1.81. The van der Waals surface area contributed by atoms with Gasteiger partial charge in [-0.2, -0.15) is 5.10 Å². The fraction of sp³-hybridized carbons (Fsp3) is 0.273. The summed E-state index contributed by atoms with van der Waals surface area (Å²) in [4.78, 5) is 21.3. The van der Waals surface area contributed by atoms with Crippen molar-refractivity contribution in [1.82, 2.24) is 5.43 Å². The van der Waals surface area contributed by atoms with E-state index in [2.05, 4.69) is 10.5 Å². The maximum atomic E-state index is 11.1. The number of hydrazone groups is 1. The topological polar surface area (TPSA) is 105 Å². The number of hydrogen-bond donors (Lipinski definition) is 2. The summed E-state index contributed by atoms with van der Waals surface area (Å²) >= 11 is 0. The molecule has 7 heteroatoms. The second-order valence-electron chi connectivity index (χ2n) is 3.92. The molecule has 0 aromatic heterocycles. The molecule has 1 aromatic rings. The zero-order chi connectivity index (χ0) is 13.1. The number of nitrogens with zero attached hydrogens (tertiary/aromatic N) is 2. The molecule has 1 heterocycles. The molecular weight excluding hydrogens is 238 g/mol. The maximum absolute atomic E-state index is 11.1. The van der Waals surface area contributed by atoms with Gasteiger partial charge < -0.3 is 5.11 Å². The molecule has 0 saturated carbocycles. The fourth-order valence-corrected chi connectivity index (χ4v) is 1.81. The van der Waals surface area contributed by atoms with Crippen molar-refractivity contribution < 1.29 is 14.8 Å². The van der Waals surface area contributed by atoms with E-state index in [9.17, 15) is 20.0 Å². The number of rotatable bonds is 3. The van der Waals surface area contributed by atoms with Crippen LogP contribution in [-0.2, 0) is 4.79 Å². The highest BCUT2D eigenvalue weighted by molar-refractivity contribution is 6.06. The SMILES string of the molecule is O=C1CC(CO)C(c2cccc([N+](=O)[O-])c2)=NN1. The van der Waals surface area contributed by atoms with Gasteiger partial charge in [0, 0.05) is 30.0 Å². The molecule has 0 radical (unpaired) electrons. The summed E-state index contributed by atoms with van der Waals surface area (Å²) in [5.74, 6) is -0.705. The third-order valence-corrected chi connectivity index (χ3v) is 2.69. The highest BCUT2D eigenvalue weighted by Gasteiger charge is 2.25. The highest BCUT2D eigenvalue weighted by atomic mass is 16.6. The van der Waals surface area contributed by atoms with Crippen LogP contribution in [-0.4, -0.2) is 28.3 Å². The van der Waals surface area contributed by atoms with Gasteiger partial charge in [-0.15, -0.1) is 0 Å². The van der Waals surface area contributed by atoms with Gasteiger partial charge in [0.05, 0.1) is 17.2 Å². The van der Waals surface area contributed by atoms with E-state index in [1.165, 1.54) is 12.1 Å². The first kappa shape index (κ1) is 12.2. The predicted octanol–water partition coefficient (Wildman–Crippen LogP) is 0.427. The third-order valence-electron chi connectivity index (χ3n) is 2.69. The summed E-state index contributed by atoms with van der Waals surface area (Å²) in [6.07, 6.45) is 0.123. The molecular formula is C11H11N3O4. The van der Waals surface area contributed by atoms with E-state index in [0.29, 0.717) is 11.3 Å². The monoisotopic (exact) mass is 249 g/mol. The van der Waals surface area contributed by atoms with Crippen LogP contribution in [0.3, 0.4) is 0 Å². The van der Waals surface area contributed by atoms with Crippen LogP contribution in [0.4, 0.5) is 5.69 Å². The van der Waals surface area contributed by atoms with E-state index in [1.807, 2.05) is 0 Å². The summed E-state index contributed by atoms with van der Waals surface area (Å²) in [5.41, 5.74) is 3.25. The van der Waals surface area contributed by atoms with Crippen molar-refractivity contribution >= 4 is 17.3 Å². The van der Waals surface area contributed by atoms with E-state index in [4.69, 9.17) is 0 Å². The summed E-state index contributed by atoms with van der Waals surface area (Å²) in [6, 6.07) is 5.95. The Hall–Kier alpha value is -2.28. The first-order valence-electron chi connectivity index (χ1n) is 5.34. The van der Waals surface area contributed by atoms with Gasteiger partial charge in [-0.05, 0) is 0 Å². The minimum Gasteiger partial charge on any atom is -0.396 e. The van der Waals surface area contributed by atoms with Crippen LogP contribution >= 0.6 is 0 Å². The second kappa shape index (κ2) is 4.92. The van der Waals surface area contributed by atoms with Crippen molar-refractivity contribution in [3.8, 4) is 0 Å². The molecule has 0 aliphatic carbocycles. The number of non-ortho nitro benzene ring substituents is 1. The molecule has 1 unspecified atom stereocenters. The second-order valence-corrected chi connectivity index (χ2v) is 3.92. The Bertz CT molecular complexity index is 527. The molecule has 0 bridgehead atoms. The number of aliphatic hydroxyl groups is 1. The highest BCUT2D eigenvalue weighted by Crippen LogP contribution is 2.20. The first-order chi connectivity index (χ1) is 8.61. The standard InChI is InChI=1S/C11H11N3O4/c15-6-8-5-10(16)12-13-11(8)7-2-1-3-9(4-7)14(17)18/h1-4,8,15H,5-6H2,(H,12,16). The Balaban J connectivity index is 2.38. The Morgan fingerprint density at radius 2 is 2.33 bits per heavy atom. The molecule has 7 nitrogen and oxygen atoms in total. The molecule has 1 aliphatic rings. The van der Waals surface area contributed by atoms with Gasteiger partial charge in [-0.1, -0.05) is 12.1 Å². The number of amides is 1. The molecule has 1 aromatic carbocycles. The molecule has 2 N–H and O–H groups in total. The largest absolute Gasteiger partial charge is 0.396 e. The van der Waals surface area contributed by atoms with Crippen LogP contribution in [0.5, 0.6) is 0 Å². The van der Waals surface area contributed by atoms with Gasteiger partial charge in [0.25, 0.3) is 5.69 Å². The molecule has 0 fully saturated rings. The van der Waals surface area contributed by atoms with Crippen molar-refractivity contribution in [1.29, 1.82) is 0 Å². The average Bonchev–Trinajstić information content (AvgIpc) is 2.38. The lowest BCUT2D eigenvalue weighted by molar-refractivity contribution is -0.384. The van der Waals surface area contributed by atoms with Gasteiger partial charge in [0.1, 0.15) is 0 Å². The number of aliphatic hydroxyl groups excluding tert-OH is 1. The van der Waals surface area contributed by atoms with Gasteiger partial charge in [0.2, 0.25) is 5.91 Å². The lowest BCUT2D eigenvalue weighted by Gasteiger charge is -2.20. The van der Waals surface area contributed by atoms with Gasteiger partial charge in [-0.25, -0.2) is 5.43 Å². The minimum absolute atomic E-state index is 0.0520. The van der Waals surface area contributed by atoms with Crippen molar-refractivity contribution in [2.24, 2.45) is 11.0 Å². The lowest BCUT2D eigenvalue weighted by atomic mass is 9.93. The minimum atomic E-state index is -0.501. The van der Waals surface area contributed by atoms with Crippen LogP contribution in [0, 0.1) is 16.0 Å². The van der Waals surface area contributed by atoms with Crippen LogP contribution in [0.1, 0.15) is 12.0 Å². The number of benzene rings is 1. The van der Waals surface area contributed by atoms with E-state index in [0.717, 1.165) is 0 Å². The molecule has 18 heavy (non-hydrogen) atoms. The normalized spacial score (nSPS) is 19.1. The van der Waals surface area contributed by atoms with Gasteiger partial charge >= 0.3 is 0 Å². The Kier molecular flexibility index (Phi) is 3.33. The molecule has 1 atom stereocenters. The van der Waals surface area contributed by atoms with E-state index in [-0.39, 0.29) is 24.6 Å². The van der Waals surface area contributed by atoms with Crippen molar-refractivity contribution in [2.45, 2.75) is 6.42 Å². The number of nitro benzene ring substituents is 1. The molecule has 0 spiro atoms. The quantitative estimate of drug-likeness (QED) is 0.598. The Morgan fingerprint density at radius 1 is 1.56 bits per heavy atom. The Morgan fingerprint density at radius 3 is 3.00 bits per heavy atom. The van der Waals surface area contributed by atoms with Crippen molar-refractivity contribution in [3.63, 3.8) is 0 Å². The molecule has 0 saturated heterocycles. The van der Waals surface area contributed by atoms with Crippen molar-refractivity contribution in [2.75, 3.05) is 6.61 Å². The zero-order valence-electron chi connectivity index (χ0n) is 9.37. The smallest absolute Gasteiger partial charge is 0.270 e. The maximum Gasteiger partial charge on any atom is 0.270 e. The summed E-state index contributed by atoms with van der Waals surface area (Å²) in [7, 11) is 0. The van der Waals surface area contributed by atoms with E-state index in [1.54, 1.807) is 12.1 Å². The van der Waals surface area contributed by atoms with Gasteiger partial charge in [0.15, 0.2) is 0 Å². The zero-order valence-corrected chi connectivity index (χ0v) is 9.37. The number of carbonyl (C=O) groups is 1. The predicted molar refractivity (Wildman–Crippen MR) is 63.0 cm³/mol. The molecule has 94 valence electrons. The molecule has 2 rings (SSSR count). The number of hydrogen-bond acceptors (Lipinski definition) is 5. The van der Waals surface area contributed by atoms with Crippen LogP contribution in [0.2, 0.25) is 0 Å². The molecule has 1 aliphatic heterocycles. The number of nitrogens with one attached hydrogen (secondary N) is 1. The van der Waals surface area contributed by atoms with E-state index >= 15 is 0 Å². The lowest BCUT2D eigenvalue weighted by Crippen LogP contribution is -2.35. The van der Waals surface area contributed by atoms with Crippen LogP contribution < -0.4 is 5.43 Å². The Labute approximate surface area is 102 Å². The molecule has 1 amide bonds. The van der Waals surface area contributed by atoms with E-state index < -0.39 is 10.8 Å². The third kappa shape index (κ3) is 2.35. The van der Waals surface area contributed by atoms with Crippen LogP contribution in [0.25, 0.3) is 0 Å². The van der Waals surface area contributed by atoms with Crippen LogP contribution in [0.15, 0.2) is 29.4 Å². The summed E-state index contributed by atoms with van der Waals surface area (Å²) in [5, 5.41) is 23.8. The summed E-state index contributed by atoms with van der Waals surface area (Å²) in [6.45, 7) is -0.227. The number of nitro groups is 1. The van der Waals surface area contributed by atoms with Gasteiger partial charge in [-0.3, -0.25) is 14.9 Å².